The van der Waals surface area contributed by atoms with Crippen molar-refractivity contribution in [1.29, 1.82) is 0 Å². The van der Waals surface area contributed by atoms with E-state index in [2.05, 4.69) is 15.6 Å². The summed E-state index contributed by atoms with van der Waals surface area (Å²) in [6.45, 7) is 3.87. The van der Waals surface area contributed by atoms with Gasteiger partial charge in [-0.05, 0) is 37.1 Å². The van der Waals surface area contributed by atoms with Crippen molar-refractivity contribution >= 4 is 21.7 Å². The highest BCUT2D eigenvalue weighted by Gasteiger charge is 2.30. The van der Waals surface area contributed by atoms with Crippen LogP contribution in [-0.2, 0) is 19.4 Å². The largest absolute Gasteiger partial charge is 0.348 e. The number of rotatable bonds is 7. The predicted molar refractivity (Wildman–Crippen MR) is 102 cm³/mol. The van der Waals surface area contributed by atoms with Gasteiger partial charge in [-0.3, -0.25) is 14.6 Å². The van der Waals surface area contributed by atoms with Crippen molar-refractivity contribution in [1.82, 2.24) is 15.6 Å². The Morgan fingerprint density at radius 3 is 2.33 bits per heavy atom. The van der Waals surface area contributed by atoms with Crippen LogP contribution in [0.4, 0.5) is 0 Å². The molecular weight excluding hydrogens is 366 g/mol. The van der Waals surface area contributed by atoms with Crippen LogP contribution in [0.5, 0.6) is 0 Å². The van der Waals surface area contributed by atoms with Gasteiger partial charge in [0.25, 0.3) is 0 Å². The molecule has 2 amide bonds. The maximum absolute atomic E-state index is 13.1. The smallest absolute Gasteiger partial charge is 0.309 e. The molecule has 0 fully saturated rings. The Bertz CT molecular complexity index is 881. The normalized spacial score (nSPS) is 12.2. The summed E-state index contributed by atoms with van der Waals surface area (Å²) in [7, 11) is -3.80. The monoisotopic (exact) mass is 389 g/mol. The highest BCUT2D eigenvalue weighted by Crippen LogP contribution is 2.28. The third kappa shape index (κ3) is 5.37. The van der Waals surface area contributed by atoms with Gasteiger partial charge in [-0.25, -0.2) is 8.42 Å². The molecule has 0 bridgehead atoms. The minimum absolute atomic E-state index is 0.145. The zero-order valence-corrected chi connectivity index (χ0v) is 16.1. The summed E-state index contributed by atoms with van der Waals surface area (Å²) in [6.07, 6.45) is 3.68. The first-order valence-corrected chi connectivity index (χ1v) is 10.2. The first-order valence-electron chi connectivity index (χ1n) is 8.62. The lowest BCUT2D eigenvalue weighted by Crippen LogP contribution is -2.42. The summed E-state index contributed by atoms with van der Waals surface area (Å²) in [5, 5.41) is 3.82. The lowest BCUT2D eigenvalue weighted by atomic mass is 10.2. The molecule has 144 valence electrons. The van der Waals surface area contributed by atoms with Gasteiger partial charge in [-0.15, -0.1) is 0 Å². The van der Waals surface area contributed by atoms with Gasteiger partial charge in [0.15, 0.2) is 9.84 Å². The number of benzene rings is 1. The summed E-state index contributed by atoms with van der Waals surface area (Å²) in [6, 6.07) is 9.75. The fraction of sp³-hybridized carbons (Fsp3) is 0.316. The van der Waals surface area contributed by atoms with Crippen molar-refractivity contribution in [2.75, 3.05) is 13.1 Å². The van der Waals surface area contributed by atoms with E-state index in [-0.39, 0.29) is 11.4 Å². The van der Waals surface area contributed by atoms with Crippen LogP contribution in [0.1, 0.15) is 29.7 Å². The van der Waals surface area contributed by atoms with Gasteiger partial charge >= 0.3 is 11.8 Å². The van der Waals surface area contributed by atoms with E-state index in [0.717, 1.165) is 5.56 Å². The Labute approximate surface area is 159 Å². The van der Waals surface area contributed by atoms with E-state index in [0.29, 0.717) is 18.5 Å². The lowest BCUT2D eigenvalue weighted by molar-refractivity contribution is -0.139. The number of hydrogen-bond donors (Lipinski definition) is 2. The van der Waals surface area contributed by atoms with Crippen molar-refractivity contribution in [2.45, 2.75) is 30.4 Å². The second-order valence-electron chi connectivity index (χ2n) is 6.10. The quantitative estimate of drug-likeness (QED) is 0.699. The van der Waals surface area contributed by atoms with Crippen LogP contribution in [0.3, 0.4) is 0 Å². The van der Waals surface area contributed by atoms with Gasteiger partial charge in [0.2, 0.25) is 0 Å². The molecule has 1 aromatic heterocycles. The molecule has 1 aromatic carbocycles. The fourth-order valence-electron chi connectivity index (χ4n) is 2.45. The fourth-order valence-corrected chi connectivity index (χ4v) is 4.09. The summed E-state index contributed by atoms with van der Waals surface area (Å²) in [5.74, 6) is -1.65. The molecule has 0 aliphatic rings. The van der Waals surface area contributed by atoms with Crippen LogP contribution in [0.15, 0.2) is 53.7 Å². The zero-order valence-electron chi connectivity index (χ0n) is 15.3. The Balaban J connectivity index is 2.26. The van der Waals surface area contributed by atoms with Gasteiger partial charge in [0.1, 0.15) is 5.25 Å². The van der Waals surface area contributed by atoms with Crippen LogP contribution >= 0.6 is 0 Å². The van der Waals surface area contributed by atoms with Crippen LogP contribution in [0, 0.1) is 6.92 Å². The Morgan fingerprint density at radius 1 is 1.07 bits per heavy atom. The first-order chi connectivity index (χ1) is 12.9. The molecule has 2 rings (SSSR count). The highest BCUT2D eigenvalue weighted by molar-refractivity contribution is 7.91. The molecule has 2 aromatic rings. The Kier molecular flexibility index (Phi) is 7.06. The van der Waals surface area contributed by atoms with E-state index in [1.54, 1.807) is 24.3 Å². The topological polar surface area (TPSA) is 105 Å². The average Bonchev–Trinajstić information content (AvgIpc) is 2.67. The molecule has 0 saturated heterocycles. The van der Waals surface area contributed by atoms with E-state index in [1.165, 1.54) is 24.5 Å². The molecule has 0 unspecified atom stereocenters. The van der Waals surface area contributed by atoms with E-state index < -0.39 is 26.9 Å². The molecule has 1 heterocycles. The van der Waals surface area contributed by atoms with Crippen LogP contribution in [0.2, 0.25) is 0 Å². The predicted octanol–water partition coefficient (Wildman–Crippen LogP) is 1.55. The molecule has 0 aliphatic carbocycles. The van der Waals surface area contributed by atoms with Gasteiger partial charge in [-0.1, -0.05) is 30.7 Å². The molecular formula is C19H23N3O4S. The summed E-state index contributed by atoms with van der Waals surface area (Å²) < 4.78 is 26.2. The molecule has 0 aliphatic heterocycles. The van der Waals surface area contributed by atoms with Crippen molar-refractivity contribution in [2.24, 2.45) is 0 Å². The number of amides is 2. The third-order valence-electron chi connectivity index (χ3n) is 3.97. The van der Waals surface area contributed by atoms with Gasteiger partial charge in [-0.2, -0.15) is 0 Å². The number of nitrogens with one attached hydrogen (secondary N) is 2. The second kappa shape index (κ2) is 9.27. The van der Waals surface area contributed by atoms with Crippen LogP contribution in [0.25, 0.3) is 0 Å². The van der Waals surface area contributed by atoms with Gasteiger partial charge < -0.3 is 10.6 Å². The molecule has 2 N–H and O–H groups in total. The van der Waals surface area contributed by atoms with E-state index in [1.807, 2.05) is 13.8 Å². The number of aryl methyl sites for hydroxylation is 1. The first kappa shape index (κ1) is 20.6. The SMILES string of the molecule is CCCNC(=O)C(=O)NC[C@@H](c1cccnc1)S(=O)(=O)c1ccc(C)cc1. The maximum atomic E-state index is 13.1. The number of aromatic nitrogens is 1. The van der Waals surface area contributed by atoms with E-state index in [9.17, 15) is 18.0 Å². The second-order valence-corrected chi connectivity index (χ2v) is 8.23. The van der Waals surface area contributed by atoms with Crippen molar-refractivity contribution < 1.29 is 18.0 Å². The molecule has 1 atom stereocenters. The molecule has 7 nitrogen and oxygen atoms in total. The van der Waals surface area contributed by atoms with Gasteiger partial charge in [0, 0.05) is 25.5 Å². The molecule has 27 heavy (non-hydrogen) atoms. The number of sulfone groups is 1. The van der Waals surface area contributed by atoms with Crippen molar-refractivity contribution in [3.05, 3.63) is 59.9 Å². The minimum atomic E-state index is -3.80. The van der Waals surface area contributed by atoms with Crippen LogP contribution in [-0.4, -0.2) is 38.3 Å². The number of carbonyl (C=O) groups excluding carboxylic acids is 2. The van der Waals surface area contributed by atoms with E-state index in [4.69, 9.17) is 0 Å². The number of nitrogens with zero attached hydrogens (tertiary/aromatic N) is 1. The number of carbonyl (C=O) groups is 2. The standard InChI is InChI=1S/C19H23N3O4S/c1-3-10-21-18(23)19(24)22-13-17(15-5-4-11-20-12-15)27(25,26)16-8-6-14(2)7-9-16/h4-9,11-12,17H,3,10,13H2,1-2H3,(H,21,23)(H,22,24)/t17-/m0/s1. The average molecular weight is 389 g/mol. The Hall–Kier alpha value is -2.74. The van der Waals surface area contributed by atoms with Crippen molar-refractivity contribution in [3.8, 4) is 0 Å². The number of pyridine rings is 1. The molecule has 0 radical (unpaired) electrons. The number of hydrogen-bond acceptors (Lipinski definition) is 5. The van der Waals surface area contributed by atoms with Crippen LogP contribution < -0.4 is 10.6 Å². The summed E-state index contributed by atoms with van der Waals surface area (Å²) in [5.41, 5.74) is 1.38. The highest BCUT2D eigenvalue weighted by atomic mass is 32.2. The summed E-state index contributed by atoms with van der Waals surface area (Å²) in [4.78, 5) is 27.8. The van der Waals surface area contributed by atoms with E-state index >= 15 is 0 Å². The maximum Gasteiger partial charge on any atom is 0.309 e. The molecule has 8 heteroatoms. The Morgan fingerprint density at radius 2 is 1.74 bits per heavy atom. The summed E-state index contributed by atoms with van der Waals surface area (Å²) >= 11 is 0. The van der Waals surface area contributed by atoms with Crippen molar-refractivity contribution in [3.63, 3.8) is 0 Å². The lowest BCUT2D eigenvalue weighted by Gasteiger charge is -2.18. The third-order valence-corrected chi connectivity index (χ3v) is 6.09. The molecule has 0 spiro atoms. The minimum Gasteiger partial charge on any atom is -0.348 e. The molecule has 0 saturated carbocycles. The van der Waals surface area contributed by atoms with Gasteiger partial charge in [0.05, 0.1) is 4.90 Å². The zero-order chi connectivity index (χ0) is 19.9.